The number of amides is 1. The number of benzene rings is 1. The number of likely N-dealkylation sites (tertiary alicyclic amines) is 1. The van der Waals surface area contributed by atoms with Gasteiger partial charge in [0, 0.05) is 56.1 Å². The van der Waals surface area contributed by atoms with Gasteiger partial charge in [-0.3, -0.25) is 9.69 Å². The van der Waals surface area contributed by atoms with Crippen molar-refractivity contribution >= 4 is 5.91 Å². The summed E-state index contributed by atoms with van der Waals surface area (Å²) in [6.45, 7) is 7.02. The SMILES string of the molecule is CCc1ncc(CN2CC[C@@H](c3ncc(C(=O)NCc4cccc(OC)c4)c(C)n3)C2)cn1. The van der Waals surface area contributed by atoms with Crippen molar-refractivity contribution in [3.63, 3.8) is 0 Å². The van der Waals surface area contributed by atoms with E-state index in [1.54, 1.807) is 13.3 Å². The van der Waals surface area contributed by atoms with Crippen molar-refractivity contribution in [3.8, 4) is 5.75 Å². The highest BCUT2D eigenvalue weighted by Gasteiger charge is 2.27. The molecular formula is C25H30N6O2. The number of rotatable bonds is 8. The van der Waals surface area contributed by atoms with E-state index in [1.165, 1.54) is 0 Å². The van der Waals surface area contributed by atoms with Gasteiger partial charge in [0.1, 0.15) is 17.4 Å². The summed E-state index contributed by atoms with van der Waals surface area (Å²) in [4.78, 5) is 33.1. The first-order valence-electron chi connectivity index (χ1n) is 11.3. The molecule has 1 fully saturated rings. The molecule has 2 aromatic heterocycles. The average molecular weight is 447 g/mol. The molecule has 0 radical (unpaired) electrons. The number of ether oxygens (including phenoxy) is 1. The molecule has 1 aliphatic heterocycles. The van der Waals surface area contributed by atoms with E-state index in [9.17, 15) is 4.79 Å². The molecule has 1 saturated heterocycles. The average Bonchev–Trinajstić information content (AvgIpc) is 3.31. The Hall–Kier alpha value is -3.39. The molecule has 33 heavy (non-hydrogen) atoms. The van der Waals surface area contributed by atoms with Crippen LogP contribution in [0.3, 0.4) is 0 Å². The number of hydrogen-bond donors (Lipinski definition) is 1. The second-order valence-corrected chi connectivity index (χ2v) is 8.34. The Morgan fingerprint density at radius 2 is 2.00 bits per heavy atom. The van der Waals surface area contributed by atoms with Gasteiger partial charge in [0.2, 0.25) is 0 Å². The first kappa shape index (κ1) is 22.8. The highest BCUT2D eigenvalue weighted by molar-refractivity contribution is 5.94. The van der Waals surface area contributed by atoms with Gasteiger partial charge < -0.3 is 10.1 Å². The molecule has 0 bridgehead atoms. The third-order valence-electron chi connectivity index (χ3n) is 5.95. The van der Waals surface area contributed by atoms with Gasteiger partial charge in [-0.2, -0.15) is 0 Å². The Balaban J connectivity index is 1.34. The minimum Gasteiger partial charge on any atom is -0.497 e. The predicted molar refractivity (Wildman–Crippen MR) is 125 cm³/mol. The summed E-state index contributed by atoms with van der Waals surface area (Å²) in [5.74, 6) is 2.52. The molecule has 3 aromatic rings. The molecule has 1 amide bonds. The maximum Gasteiger partial charge on any atom is 0.254 e. The second-order valence-electron chi connectivity index (χ2n) is 8.34. The predicted octanol–water partition coefficient (Wildman–Crippen LogP) is 3.07. The first-order valence-corrected chi connectivity index (χ1v) is 11.3. The topological polar surface area (TPSA) is 93.1 Å². The molecule has 1 aliphatic rings. The number of aryl methyl sites for hydroxylation is 2. The Kier molecular flexibility index (Phi) is 7.24. The fourth-order valence-electron chi connectivity index (χ4n) is 4.06. The lowest BCUT2D eigenvalue weighted by molar-refractivity contribution is 0.0949. The van der Waals surface area contributed by atoms with Crippen molar-refractivity contribution < 1.29 is 9.53 Å². The molecule has 1 N–H and O–H groups in total. The quantitative estimate of drug-likeness (QED) is 0.568. The number of methoxy groups -OCH3 is 1. The molecule has 4 rings (SSSR count). The van der Waals surface area contributed by atoms with Crippen molar-refractivity contribution in [1.29, 1.82) is 0 Å². The lowest BCUT2D eigenvalue weighted by Crippen LogP contribution is -2.25. The third kappa shape index (κ3) is 5.70. The molecule has 172 valence electrons. The van der Waals surface area contributed by atoms with Gasteiger partial charge >= 0.3 is 0 Å². The van der Waals surface area contributed by atoms with E-state index in [0.717, 1.165) is 61.0 Å². The van der Waals surface area contributed by atoms with Gasteiger partial charge in [-0.1, -0.05) is 19.1 Å². The highest BCUT2D eigenvalue weighted by atomic mass is 16.5. The third-order valence-corrected chi connectivity index (χ3v) is 5.95. The van der Waals surface area contributed by atoms with Crippen LogP contribution in [0.5, 0.6) is 5.75 Å². The van der Waals surface area contributed by atoms with Gasteiger partial charge in [0.05, 0.1) is 18.4 Å². The lowest BCUT2D eigenvalue weighted by Gasteiger charge is -2.16. The molecule has 0 spiro atoms. The number of nitrogens with one attached hydrogen (secondary N) is 1. The summed E-state index contributed by atoms with van der Waals surface area (Å²) < 4.78 is 5.24. The van der Waals surface area contributed by atoms with Crippen LogP contribution in [0.1, 0.15) is 58.1 Å². The zero-order valence-electron chi connectivity index (χ0n) is 19.4. The summed E-state index contributed by atoms with van der Waals surface area (Å²) in [6, 6.07) is 7.64. The van der Waals surface area contributed by atoms with Gasteiger partial charge in [-0.05, 0) is 37.6 Å². The van der Waals surface area contributed by atoms with Gasteiger partial charge in [0.15, 0.2) is 0 Å². The number of carbonyl (C=O) groups excluding carboxylic acids is 1. The van der Waals surface area contributed by atoms with E-state index in [1.807, 2.05) is 43.6 Å². The van der Waals surface area contributed by atoms with Crippen LogP contribution in [0, 0.1) is 6.92 Å². The van der Waals surface area contributed by atoms with E-state index in [0.29, 0.717) is 17.8 Å². The van der Waals surface area contributed by atoms with Crippen molar-refractivity contribution in [3.05, 3.63) is 76.9 Å². The zero-order chi connectivity index (χ0) is 23.2. The molecular weight excluding hydrogens is 416 g/mol. The largest absolute Gasteiger partial charge is 0.497 e. The van der Waals surface area contributed by atoms with Crippen LogP contribution in [0.25, 0.3) is 0 Å². The van der Waals surface area contributed by atoms with E-state index < -0.39 is 0 Å². The number of nitrogens with zero attached hydrogens (tertiary/aromatic N) is 5. The lowest BCUT2D eigenvalue weighted by atomic mass is 10.1. The van der Waals surface area contributed by atoms with E-state index >= 15 is 0 Å². The van der Waals surface area contributed by atoms with Crippen LogP contribution in [-0.4, -0.2) is 50.9 Å². The molecule has 8 nitrogen and oxygen atoms in total. The van der Waals surface area contributed by atoms with Crippen LogP contribution in [0.15, 0.2) is 42.9 Å². The molecule has 8 heteroatoms. The maximum atomic E-state index is 12.7. The number of carbonyl (C=O) groups is 1. The molecule has 0 saturated carbocycles. The number of aromatic nitrogens is 4. The monoisotopic (exact) mass is 446 g/mol. The summed E-state index contributed by atoms with van der Waals surface area (Å²) in [7, 11) is 1.63. The minimum absolute atomic E-state index is 0.176. The van der Waals surface area contributed by atoms with Crippen molar-refractivity contribution in [1.82, 2.24) is 30.2 Å². The Bertz CT molecular complexity index is 1100. The summed E-state index contributed by atoms with van der Waals surface area (Å²) >= 11 is 0. The van der Waals surface area contributed by atoms with Gasteiger partial charge in [-0.15, -0.1) is 0 Å². The maximum absolute atomic E-state index is 12.7. The summed E-state index contributed by atoms with van der Waals surface area (Å²) in [6.07, 6.45) is 7.32. The molecule has 0 unspecified atom stereocenters. The Labute approximate surface area is 194 Å². The molecule has 1 atom stereocenters. The second kappa shape index (κ2) is 10.5. The van der Waals surface area contributed by atoms with Crippen LogP contribution in [0.4, 0.5) is 0 Å². The zero-order valence-corrected chi connectivity index (χ0v) is 19.4. The summed E-state index contributed by atoms with van der Waals surface area (Å²) in [5.41, 5.74) is 3.29. The van der Waals surface area contributed by atoms with Gasteiger partial charge in [0.25, 0.3) is 5.91 Å². The normalized spacial score (nSPS) is 16.0. The van der Waals surface area contributed by atoms with E-state index in [-0.39, 0.29) is 11.8 Å². The van der Waals surface area contributed by atoms with Crippen LogP contribution < -0.4 is 10.1 Å². The fraction of sp³-hybridized carbons (Fsp3) is 0.400. The molecule has 3 heterocycles. The highest BCUT2D eigenvalue weighted by Crippen LogP contribution is 2.26. The summed E-state index contributed by atoms with van der Waals surface area (Å²) in [5, 5.41) is 2.94. The Morgan fingerprint density at radius 1 is 1.18 bits per heavy atom. The van der Waals surface area contributed by atoms with Crippen LogP contribution >= 0.6 is 0 Å². The van der Waals surface area contributed by atoms with E-state index in [2.05, 4.69) is 37.1 Å². The van der Waals surface area contributed by atoms with Crippen molar-refractivity contribution in [2.24, 2.45) is 0 Å². The number of hydrogen-bond acceptors (Lipinski definition) is 7. The molecule has 0 aliphatic carbocycles. The van der Waals surface area contributed by atoms with Crippen molar-refractivity contribution in [2.75, 3.05) is 20.2 Å². The molecule has 1 aromatic carbocycles. The first-order chi connectivity index (χ1) is 16.1. The fourth-order valence-corrected chi connectivity index (χ4v) is 4.06. The van der Waals surface area contributed by atoms with Crippen LogP contribution in [0.2, 0.25) is 0 Å². The van der Waals surface area contributed by atoms with Crippen molar-refractivity contribution in [2.45, 2.75) is 45.7 Å². The smallest absolute Gasteiger partial charge is 0.254 e. The minimum atomic E-state index is -0.176. The van der Waals surface area contributed by atoms with Crippen LogP contribution in [-0.2, 0) is 19.5 Å². The Morgan fingerprint density at radius 3 is 2.73 bits per heavy atom. The van der Waals surface area contributed by atoms with E-state index in [4.69, 9.17) is 4.74 Å². The standard InChI is InChI=1S/C25H30N6O2/c1-4-23-26-12-19(13-27-23)15-31-9-8-20(16-31)24-28-14-22(17(2)30-24)25(32)29-11-18-6-5-7-21(10-18)33-3/h5-7,10,12-14,20H,4,8-9,11,15-16H2,1-3H3,(H,29,32)/t20-/m1/s1. The van der Waals surface area contributed by atoms with Gasteiger partial charge in [-0.25, -0.2) is 19.9 Å².